The van der Waals surface area contributed by atoms with Crippen LogP contribution in [-0.2, 0) is 17.3 Å². The summed E-state index contributed by atoms with van der Waals surface area (Å²) >= 11 is 0. The average Bonchev–Trinajstić information content (AvgIpc) is 2.72. The van der Waals surface area contributed by atoms with Crippen LogP contribution in [0.3, 0.4) is 0 Å². The molecule has 4 heteroatoms. The molecular formula is C23H25NO2S. The van der Waals surface area contributed by atoms with Gasteiger partial charge in [-0.15, -0.1) is 0 Å². The zero-order valence-corrected chi connectivity index (χ0v) is 16.8. The molecule has 3 aromatic rings. The molecule has 3 rings (SSSR count). The number of ether oxygens (including phenoxy) is 1. The molecule has 3 nitrogen and oxygen atoms in total. The second-order valence-corrected chi connectivity index (χ2v) is 7.91. The van der Waals surface area contributed by atoms with E-state index in [1.165, 1.54) is 11.1 Å². The van der Waals surface area contributed by atoms with Gasteiger partial charge in [0.05, 0.1) is 7.11 Å². The number of hydrogen-bond acceptors (Lipinski definition) is 3. The van der Waals surface area contributed by atoms with Crippen LogP contribution in [0.15, 0.2) is 77.7 Å². The Labute approximate surface area is 163 Å². The molecule has 2 unspecified atom stereocenters. The molecule has 0 radical (unpaired) electrons. The van der Waals surface area contributed by atoms with Gasteiger partial charge in [-0.2, -0.15) is 0 Å². The van der Waals surface area contributed by atoms with Crippen LogP contribution in [-0.4, -0.2) is 17.6 Å². The van der Waals surface area contributed by atoms with Crippen LogP contribution in [0.2, 0.25) is 0 Å². The molecule has 0 aliphatic heterocycles. The summed E-state index contributed by atoms with van der Waals surface area (Å²) in [4.78, 5) is 0.826. The van der Waals surface area contributed by atoms with Gasteiger partial charge in [-0.25, -0.2) is 0 Å². The Morgan fingerprint density at radius 1 is 1.00 bits per heavy atom. The number of benzene rings is 3. The third-order valence-electron chi connectivity index (χ3n) is 4.67. The van der Waals surface area contributed by atoms with Crippen molar-refractivity contribution in [2.75, 3.05) is 13.4 Å². The van der Waals surface area contributed by atoms with Gasteiger partial charge in [0.2, 0.25) is 0 Å². The standard InChI is InChI=1S/C23H25NO2S/c1-17(19-7-5-4-6-8-19)24-16-18-9-14-23(26-2)22(15-18)20-10-12-21(13-11-20)27(3)25/h4-15,17,24H,16H2,1-3H3. The van der Waals surface area contributed by atoms with Crippen molar-refractivity contribution in [2.45, 2.75) is 24.4 Å². The number of rotatable bonds is 7. The van der Waals surface area contributed by atoms with Crippen molar-refractivity contribution in [2.24, 2.45) is 0 Å². The van der Waals surface area contributed by atoms with Gasteiger partial charge in [-0.05, 0) is 47.9 Å². The third kappa shape index (κ3) is 4.85. The van der Waals surface area contributed by atoms with Crippen molar-refractivity contribution in [3.05, 3.63) is 83.9 Å². The van der Waals surface area contributed by atoms with Crippen molar-refractivity contribution in [3.63, 3.8) is 0 Å². The Balaban J connectivity index is 1.80. The van der Waals surface area contributed by atoms with Gasteiger partial charge >= 0.3 is 0 Å². The Bertz CT molecular complexity index is 907. The summed E-state index contributed by atoms with van der Waals surface area (Å²) in [5.74, 6) is 0.834. The van der Waals surface area contributed by atoms with E-state index in [1.54, 1.807) is 13.4 Å². The minimum absolute atomic E-state index is 0.274. The second-order valence-electron chi connectivity index (χ2n) is 6.53. The fourth-order valence-corrected chi connectivity index (χ4v) is 3.57. The minimum Gasteiger partial charge on any atom is -0.496 e. The van der Waals surface area contributed by atoms with Crippen molar-refractivity contribution in [1.29, 1.82) is 0 Å². The molecule has 0 aliphatic rings. The van der Waals surface area contributed by atoms with Crippen molar-refractivity contribution in [3.8, 4) is 16.9 Å². The highest BCUT2D eigenvalue weighted by molar-refractivity contribution is 7.84. The molecule has 140 valence electrons. The van der Waals surface area contributed by atoms with Gasteiger partial charge in [-0.3, -0.25) is 4.21 Å². The molecule has 2 atom stereocenters. The summed E-state index contributed by atoms with van der Waals surface area (Å²) in [5, 5.41) is 3.57. The first-order valence-corrected chi connectivity index (χ1v) is 10.5. The second kappa shape index (κ2) is 8.98. The summed E-state index contributed by atoms with van der Waals surface area (Å²) in [6, 6.07) is 24.8. The fraction of sp³-hybridized carbons (Fsp3) is 0.217. The first-order chi connectivity index (χ1) is 13.1. The lowest BCUT2D eigenvalue weighted by atomic mass is 10.0. The summed E-state index contributed by atoms with van der Waals surface area (Å²) in [5.41, 5.74) is 4.56. The molecule has 0 spiro atoms. The zero-order valence-electron chi connectivity index (χ0n) is 15.9. The predicted molar refractivity (Wildman–Crippen MR) is 112 cm³/mol. The van der Waals surface area contributed by atoms with E-state index in [2.05, 4.69) is 48.6 Å². The van der Waals surface area contributed by atoms with Crippen LogP contribution in [0, 0.1) is 0 Å². The van der Waals surface area contributed by atoms with Crippen LogP contribution < -0.4 is 10.1 Å². The van der Waals surface area contributed by atoms with Crippen LogP contribution in [0.5, 0.6) is 5.75 Å². The Hall–Kier alpha value is -2.43. The maximum atomic E-state index is 11.6. The smallest absolute Gasteiger partial charge is 0.126 e. The highest BCUT2D eigenvalue weighted by Crippen LogP contribution is 2.31. The van der Waals surface area contributed by atoms with Crippen molar-refractivity contribution >= 4 is 10.8 Å². The Morgan fingerprint density at radius 3 is 2.33 bits per heavy atom. The summed E-state index contributed by atoms with van der Waals surface area (Å²) in [7, 11) is 0.711. The molecule has 3 aromatic carbocycles. The quantitative estimate of drug-likeness (QED) is 0.631. The largest absolute Gasteiger partial charge is 0.496 e. The zero-order chi connectivity index (χ0) is 19.2. The normalized spacial score (nSPS) is 13.1. The lowest BCUT2D eigenvalue weighted by Gasteiger charge is -2.16. The van der Waals surface area contributed by atoms with Gasteiger partial charge in [-0.1, -0.05) is 48.5 Å². The average molecular weight is 380 g/mol. The topological polar surface area (TPSA) is 38.3 Å². The SMILES string of the molecule is COc1ccc(CNC(C)c2ccccc2)cc1-c1ccc(S(C)=O)cc1. The summed E-state index contributed by atoms with van der Waals surface area (Å²) in [6.45, 7) is 2.94. The molecule has 0 saturated carbocycles. The maximum absolute atomic E-state index is 11.6. The number of nitrogens with one attached hydrogen (secondary N) is 1. The van der Waals surface area contributed by atoms with E-state index in [0.29, 0.717) is 0 Å². The van der Waals surface area contributed by atoms with E-state index in [1.807, 2.05) is 36.4 Å². The lowest BCUT2D eigenvalue weighted by molar-refractivity contribution is 0.416. The fourth-order valence-electron chi connectivity index (χ4n) is 3.05. The number of hydrogen-bond donors (Lipinski definition) is 1. The monoisotopic (exact) mass is 379 g/mol. The highest BCUT2D eigenvalue weighted by atomic mass is 32.2. The Morgan fingerprint density at radius 2 is 1.70 bits per heavy atom. The predicted octanol–water partition coefficient (Wildman–Crippen LogP) is 4.95. The molecule has 0 saturated heterocycles. The maximum Gasteiger partial charge on any atom is 0.126 e. The first kappa shape index (κ1) is 19.3. The van der Waals surface area contributed by atoms with E-state index >= 15 is 0 Å². The molecule has 0 bridgehead atoms. The van der Waals surface area contributed by atoms with Gasteiger partial charge in [0.25, 0.3) is 0 Å². The van der Waals surface area contributed by atoms with Gasteiger partial charge in [0, 0.05) is 40.1 Å². The molecule has 27 heavy (non-hydrogen) atoms. The molecule has 0 amide bonds. The number of methoxy groups -OCH3 is 1. The summed E-state index contributed by atoms with van der Waals surface area (Å²) < 4.78 is 17.2. The van der Waals surface area contributed by atoms with E-state index in [-0.39, 0.29) is 6.04 Å². The molecule has 0 heterocycles. The van der Waals surface area contributed by atoms with Crippen molar-refractivity contribution < 1.29 is 8.95 Å². The molecule has 1 N–H and O–H groups in total. The van der Waals surface area contributed by atoms with Crippen molar-refractivity contribution in [1.82, 2.24) is 5.32 Å². The molecule has 0 aromatic heterocycles. The Kier molecular flexibility index (Phi) is 6.43. The lowest BCUT2D eigenvalue weighted by Crippen LogP contribution is -2.18. The minimum atomic E-state index is -0.973. The first-order valence-electron chi connectivity index (χ1n) is 8.97. The van der Waals surface area contributed by atoms with Crippen LogP contribution >= 0.6 is 0 Å². The summed E-state index contributed by atoms with van der Waals surface area (Å²) in [6.07, 6.45) is 1.69. The van der Waals surface area contributed by atoms with E-state index < -0.39 is 10.8 Å². The van der Waals surface area contributed by atoms with E-state index in [0.717, 1.165) is 28.3 Å². The van der Waals surface area contributed by atoms with E-state index in [4.69, 9.17) is 4.74 Å². The third-order valence-corrected chi connectivity index (χ3v) is 5.61. The molecular weight excluding hydrogens is 354 g/mol. The highest BCUT2D eigenvalue weighted by Gasteiger charge is 2.10. The molecule has 0 aliphatic carbocycles. The van der Waals surface area contributed by atoms with E-state index in [9.17, 15) is 4.21 Å². The van der Waals surface area contributed by atoms with Crippen LogP contribution in [0.25, 0.3) is 11.1 Å². The van der Waals surface area contributed by atoms with Gasteiger partial charge < -0.3 is 10.1 Å². The molecule has 0 fully saturated rings. The van der Waals surface area contributed by atoms with Crippen LogP contribution in [0.4, 0.5) is 0 Å². The van der Waals surface area contributed by atoms with Gasteiger partial charge in [0.15, 0.2) is 0 Å². The van der Waals surface area contributed by atoms with Gasteiger partial charge in [0.1, 0.15) is 5.75 Å². The van der Waals surface area contributed by atoms with Crippen LogP contribution in [0.1, 0.15) is 24.1 Å².